The van der Waals surface area contributed by atoms with Gasteiger partial charge >= 0.3 is 15.2 Å². The molecule has 9 heteroatoms. The fourth-order valence-electron chi connectivity index (χ4n) is 3.38. The van der Waals surface area contributed by atoms with E-state index in [0.717, 1.165) is 0 Å². The van der Waals surface area contributed by atoms with Crippen molar-refractivity contribution in [3.63, 3.8) is 0 Å². The third-order valence-electron chi connectivity index (χ3n) is 4.79. The maximum Gasteiger partial charge on any atom is 0.450 e. The van der Waals surface area contributed by atoms with Gasteiger partial charge in [-0.3, -0.25) is 4.57 Å². The Labute approximate surface area is 179 Å². The first-order valence-corrected chi connectivity index (χ1v) is 12.6. The first-order valence-electron chi connectivity index (χ1n) is 9.04. The molecule has 3 aromatic carbocycles. The standard InChI is InChI=1S/C21H19ClO6P2/c1-25-29(23,26-2)21(15-11-13-16(22)14-12-15)30(24)27-19-9-5-3-7-17(19)18-8-4-6-10-20(18)28-30/h3-14,21H,1-2H3. The van der Waals surface area contributed by atoms with E-state index in [1.807, 2.05) is 24.3 Å². The van der Waals surface area contributed by atoms with Crippen molar-refractivity contribution in [3.05, 3.63) is 83.4 Å². The average Bonchev–Trinajstić information content (AvgIpc) is 2.88. The molecule has 0 radical (unpaired) electrons. The molecule has 156 valence electrons. The van der Waals surface area contributed by atoms with Crippen LogP contribution in [-0.2, 0) is 18.2 Å². The highest BCUT2D eigenvalue weighted by atomic mass is 35.5. The lowest BCUT2D eigenvalue weighted by Crippen LogP contribution is -2.12. The molecular formula is C21H19ClO6P2. The van der Waals surface area contributed by atoms with E-state index >= 15 is 0 Å². The number of hydrogen-bond acceptors (Lipinski definition) is 6. The fraction of sp³-hybridized carbons (Fsp3) is 0.143. The minimum absolute atomic E-state index is 0.350. The van der Waals surface area contributed by atoms with Crippen molar-refractivity contribution < 1.29 is 27.2 Å². The van der Waals surface area contributed by atoms with Crippen LogP contribution >= 0.6 is 26.8 Å². The van der Waals surface area contributed by atoms with Gasteiger partial charge in [0, 0.05) is 30.4 Å². The molecule has 3 aromatic rings. The maximum absolute atomic E-state index is 14.3. The number of para-hydroxylation sites is 2. The predicted molar refractivity (Wildman–Crippen MR) is 117 cm³/mol. The van der Waals surface area contributed by atoms with Crippen LogP contribution < -0.4 is 9.05 Å². The second kappa shape index (κ2) is 8.22. The summed E-state index contributed by atoms with van der Waals surface area (Å²) in [5.41, 5.74) is 1.82. The SMILES string of the molecule is COP(=O)(OC)C(c1ccc(Cl)cc1)P1(=O)Oc2ccccc2-c2ccccc2O1. The maximum atomic E-state index is 14.3. The van der Waals surface area contributed by atoms with Crippen LogP contribution in [0, 0.1) is 0 Å². The summed E-state index contributed by atoms with van der Waals surface area (Å²) < 4.78 is 50.3. The van der Waals surface area contributed by atoms with E-state index in [1.54, 1.807) is 48.5 Å². The molecule has 6 nitrogen and oxygen atoms in total. The number of rotatable bonds is 5. The lowest BCUT2D eigenvalue weighted by atomic mass is 10.0. The van der Waals surface area contributed by atoms with Gasteiger partial charge in [-0.05, 0) is 29.8 Å². The van der Waals surface area contributed by atoms with Crippen LogP contribution in [0.3, 0.4) is 0 Å². The Kier molecular flexibility index (Phi) is 5.80. The number of fused-ring (bicyclic) bond motifs is 3. The summed E-state index contributed by atoms with van der Waals surface area (Å²) in [5.74, 6) is 0.701. The van der Waals surface area contributed by atoms with Gasteiger partial charge in [0.1, 0.15) is 11.5 Å². The van der Waals surface area contributed by atoms with Gasteiger partial charge in [0.15, 0.2) is 0 Å². The smallest absolute Gasteiger partial charge is 0.415 e. The zero-order valence-corrected chi connectivity index (χ0v) is 18.8. The summed E-state index contributed by atoms with van der Waals surface area (Å²) in [7, 11) is -5.67. The quantitative estimate of drug-likeness (QED) is 0.373. The zero-order chi connectivity index (χ0) is 21.4. The first-order chi connectivity index (χ1) is 14.4. The Morgan fingerprint density at radius 2 is 1.30 bits per heavy atom. The van der Waals surface area contributed by atoms with Crippen LogP contribution in [0.2, 0.25) is 5.02 Å². The topological polar surface area (TPSA) is 71.1 Å². The molecule has 0 saturated heterocycles. The van der Waals surface area contributed by atoms with E-state index < -0.39 is 20.6 Å². The van der Waals surface area contributed by atoms with Gasteiger partial charge in [0.05, 0.1) is 0 Å². The van der Waals surface area contributed by atoms with Crippen LogP contribution in [0.25, 0.3) is 11.1 Å². The molecule has 1 aliphatic heterocycles. The van der Waals surface area contributed by atoms with Crippen LogP contribution in [-0.4, -0.2) is 14.2 Å². The highest BCUT2D eigenvalue weighted by Gasteiger charge is 2.55. The van der Waals surface area contributed by atoms with Crippen LogP contribution in [0.4, 0.5) is 0 Å². The highest BCUT2D eigenvalue weighted by molar-refractivity contribution is 7.72. The summed E-state index contributed by atoms with van der Waals surface area (Å²) in [6.07, 6.45) is 0. The van der Waals surface area contributed by atoms with Crippen molar-refractivity contribution in [1.29, 1.82) is 0 Å². The molecule has 0 amide bonds. The minimum Gasteiger partial charge on any atom is -0.415 e. The molecule has 1 aliphatic rings. The Morgan fingerprint density at radius 1 is 0.833 bits per heavy atom. The van der Waals surface area contributed by atoms with Gasteiger partial charge in [-0.2, -0.15) is 0 Å². The molecule has 4 rings (SSSR count). The third-order valence-corrected chi connectivity index (χ3v) is 10.5. The van der Waals surface area contributed by atoms with Gasteiger partial charge in [-0.15, -0.1) is 0 Å². The molecule has 30 heavy (non-hydrogen) atoms. The molecule has 0 fully saturated rings. The van der Waals surface area contributed by atoms with Gasteiger partial charge in [0.25, 0.3) is 0 Å². The molecule has 0 bridgehead atoms. The van der Waals surface area contributed by atoms with Crippen molar-refractivity contribution in [3.8, 4) is 22.6 Å². The van der Waals surface area contributed by atoms with Crippen molar-refractivity contribution in [1.82, 2.24) is 0 Å². The summed E-state index contributed by atoms with van der Waals surface area (Å²) >= 11 is 6.02. The molecule has 0 saturated carbocycles. The van der Waals surface area contributed by atoms with Crippen molar-refractivity contribution in [2.75, 3.05) is 14.2 Å². The number of benzene rings is 3. The fourth-order valence-corrected chi connectivity index (χ4v) is 8.46. The second-order valence-corrected chi connectivity index (χ2v) is 11.7. The van der Waals surface area contributed by atoms with E-state index in [0.29, 0.717) is 33.2 Å². The Bertz CT molecular complexity index is 1100. The molecular weight excluding hydrogens is 446 g/mol. The monoisotopic (exact) mass is 464 g/mol. The molecule has 0 aromatic heterocycles. The predicted octanol–water partition coefficient (Wildman–Crippen LogP) is 7.16. The van der Waals surface area contributed by atoms with Crippen molar-refractivity contribution >= 4 is 26.8 Å². The van der Waals surface area contributed by atoms with Gasteiger partial charge < -0.3 is 18.1 Å². The Balaban J connectivity index is 1.96. The summed E-state index contributed by atoms with van der Waals surface area (Å²) in [6, 6.07) is 20.7. The number of hydrogen-bond donors (Lipinski definition) is 0. The van der Waals surface area contributed by atoms with E-state index in [4.69, 9.17) is 29.7 Å². The Hall–Kier alpha value is -2.07. The molecule has 0 spiro atoms. The Morgan fingerprint density at radius 3 is 1.77 bits per heavy atom. The van der Waals surface area contributed by atoms with Crippen LogP contribution in [0.5, 0.6) is 11.5 Å². The lowest BCUT2D eigenvalue weighted by Gasteiger charge is -2.30. The van der Waals surface area contributed by atoms with E-state index in [9.17, 15) is 9.13 Å². The largest absolute Gasteiger partial charge is 0.450 e. The molecule has 1 atom stereocenters. The molecule has 0 N–H and O–H groups in total. The summed E-state index contributed by atoms with van der Waals surface area (Å²) in [4.78, 5) is 0. The summed E-state index contributed by atoms with van der Waals surface area (Å²) in [5, 5.41) is -0.865. The van der Waals surface area contributed by atoms with Crippen LogP contribution in [0.15, 0.2) is 72.8 Å². The van der Waals surface area contributed by atoms with E-state index in [-0.39, 0.29) is 0 Å². The molecule has 1 heterocycles. The second-order valence-electron chi connectivity index (χ2n) is 6.54. The van der Waals surface area contributed by atoms with Crippen molar-refractivity contribution in [2.24, 2.45) is 0 Å². The lowest BCUT2D eigenvalue weighted by molar-refractivity contribution is 0.268. The average molecular weight is 465 g/mol. The number of halogens is 1. The van der Waals surface area contributed by atoms with Gasteiger partial charge in [-0.1, -0.05) is 60.1 Å². The van der Waals surface area contributed by atoms with Crippen LogP contribution in [0.1, 0.15) is 11.0 Å². The third kappa shape index (κ3) is 3.71. The first kappa shape index (κ1) is 21.2. The van der Waals surface area contributed by atoms with Gasteiger partial charge in [-0.25, -0.2) is 4.57 Å². The van der Waals surface area contributed by atoms with Crippen molar-refractivity contribution in [2.45, 2.75) is 5.40 Å². The van der Waals surface area contributed by atoms with Gasteiger partial charge in [0.2, 0.25) is 5.40 Å². The highest BCUT2D eigenvalue weighted by Crippen LogP contribution is 2.78. The van der Waals surface area contributed by atoms with E-state index in [2.05, 4.69) is 0 Å². The normalized spacial score (nSPS) is 15.7. The molecule has 1 unspecified atom stereocenters. The molecule has 0 aliphatic carbocycles. The minimum atomic E-state index is -4.18. The zero-order valence-electron chi connectivity index (χ0n) is 16.2. The van der Waals surface area contributed by atoms with E-state index in [1.165, 1.54) is 14.2 Å². The summed E-state index contributed by atoms with van der Waals surface area (Å²) in [6.45, 7) is 0.